The number of carboxylic acid groups (broad SMARTS) is 1. The molecule has 0 amide bonds. The van der Waals surface area contributed by atoms with Gasteiger partial charge in [0, 0.05) is 10.9 Å². The number of aryl methyl sites for hydroxylation is 1. The summed E-state index contributed by atoms with van der Waals surface area (Å²) >= 11 is 0. The summed E-state index contributed by atoms with van der Waals surface area (Å²) in [7, 11) is 0. The summed E-state index contributed by atoms with van der Waals surface area (Å²) in [5, 5.41) is 14.9. The zero-order chi connectivity index (χ0) is 19.0. The van der Waals surface area contributed by atoms with Gasteiger partial charge in [0.2, 0.25) is 0 Å². The van der Waals surface area contributed by atoms with Crippen LogP contribution in [0.1, 0.15) is 28.5 Å². The molecule has 0 fully saturated rings. The maximum Gasteiger partial charge on any atom is 0.336 e. The van der Waals surface area contributed by atoms with Gasteiger partial charge in [-0.05, 0) is 49.2 Å². The molecule has 0 aliphatic rings. The Morgan fingerprint density at radius 1 is 1.11 bits per heavy atom. The van der Waals surface area contributed by atoms with Crippen molar-refractivity contribution in [1.82, 2.24) is 14.8 Å². The second-order valence-electron chi connectivity index (χ2n) is 6.46. The van der Waals surface area contributed by atoms with E-state index in [0.717, 1.165) is 28.9 Å². The summed E-state index contributed by atoms with van der Waals surface area (Å²) in [6.45, 7) is 4.01. The Kier molecular flexibility index (Phi) is 4.20. The molecule has 0 aliphatic heterocycles. The van der Waals surface area contributed by atoms with Crippen LogP contribution in [0.15, 0.2) is 60.8 Å². The van der Waals surface area contributed by atoms with Crippen LogP contribution in [0.4, 0.5) is 0 Å². The summed E-state index contributed by atoms with van der Waals surface area (Å²) in [4.78, 5) is 16.6. The topological polar surface area (TPSA) is 68.0 Å². The molecule has 27 heavy (non-hydrogen) atoms. The number of carbonyl (C=O) groups is 1. The summed E-state index contributed by atoms with van der Waals surface area (Å²) in [5.41, 5.74) is 5.33. The maximum atomic E-state index is 11.9. The van der Waals surface area contributed by atoms with E-state index in [1.54, 1.807) is 12.3 Å². The number of para-hydroxylation sites is 1. The Hall–Kier alpha value is -3.47. The van der Waals surface area contributed by atoms with Gasteiger partial charge < -0.3 is 5.11 Å². The highest BCUT2D eigenvalue weighted by Gasteiger charge is 2.17. The van der Waals surface area contributed by atoms with Crippen molar-refractivity contribution in [2.75, 3.05) is 0 Å². The third kappa shape index (κ3) is 2.97. The minimum Gasteiger partial charge on any atom is -0.478 e. The maximum absolute atomic E-state index is 11.9. The Morgan fingerprint density at radius 2 is 1.89 bits per heavy atom. The molecule has 5 heteroatoms. The molecule has 0 radical (unpaired) electrons. The van der Waals surface area contributed by atoms with Crippen LogP contribution in [0.3, 0.4) is 0 Å². The molecule has 134 valence electrons. The Balaban J connectivity index is 1.90. The molecule has 0 spiro atoms. The van der Waals surface area contributed by atoms with Crippen LogP contribution in [0.5, 0.6) is 0 Å². The zero-order valence-corrected chi connectivity index (χ0v) is 15.2. The molecule has 5 nitrogen and oxygen atoms in total. The number of aromatic carboxylic acids is 1. The van der Waals surface area contributed by atoms with Gasteiger partial charge in [0.1, 0.15) is 0 Å². The van der Waals surface area contributed by atoms with Crippen molar-refractivity contribution in [3.8, 4) is 16.9 Å². The molecule has 4 aromatic rings. The number of nitrogens with zero attached hydrogens (tertiary/aromatic N) is 3. The summed E-state index contributed by atoms with van der Waals surface area (Å²) in [6.07, 6.45) is 2.59. The fourth-order valence-electron chi connectivity index (χ4n) is 3.30. The molecule has 2 aromatic carbocycles. The van der Waals surface area contributed by atoms with Crippen molar-refractivity contribution in [2.45, 2.75) is 20.3 Å². The van der Waals surface area contributed by atoms with E-state index < -0.39 is 5.97 Å². The van der Waals surface area contributed by atoms with Crippen LogP contribution in [0.25, 0.3) is 27.8 Å². The van der Waals surface area contributed by atoms with E-state index in [9.17, 15) is 9.90 Å². The van der Waals surface area contributed by atoms with Crippen molar-refractivity contribution < 1.29 is 9.90 Å². The van der Waals surface area contributed by atoms with Gasteiger partial charge in [0.25, 0.3) is 0 Å². The van der Waals surface area contributed by atoms with Crippen LogP contribution >= 0.6 is 0 Å². The molecule has 0 unspecified atom stereocenters. The van der Waals surface area contributed by atoms with Crippen LogP contribution < -0.4 is 0 Å². The van der Waals surface area contributed by atoms with E-state index in [1.807, 2.05) is 67.1 Å². The van der Waals surface area contributed by atoms with Crippen molar-refractivity contribution in [2.24, 2.45) is 0 Å². The van der Waals surface area contributed by atoms with Crippen LogP contribution in [0, 0.1) is 6.92 Å². The predicted molar refractivity (Wildman–Crippen MR) is 105 cm³/mol. The summed E-state index contributed by atoms with van der Waals surface area (Å²) < 4.78 is 1.84. The smallest absolute Gasteiger partial charge is 0.336 e. The van der Waals surface area contributed by atoms with E-state index >= 15 is 0 Å². The number of benzene rings is 2. The Morgan fingerprint density at radius 3 is 2.59 bits per heavy atom. The van der Waals surface area contributed by atoms with Crippen molar-refractivity contribution in [3.63, 3.8) is 0 Å². The fraction of sp³-hybridized carbons (Fsp3) is 0.136. The molecular weight excluding hydrogens is 338 g/mol. The lowest BCUT2D eigenvalue weighted by Gasteiger charge is -2.09. The average Bonchev–Trinajstić information content (AvgIpc) is 3.08. The summed E-state index contributed by atoms with van der Waals surface area (Å²) in [5.74, 6) is -0.954. The molecule has 0 saturated carbocycles. The van der Waals surface area contributed by atoms with Gasteiger partial charge in [-0.2, -0.15) is 5.10 Å². The number of hydrogen-bond acceptors (Lipinski definition) is 3. The first kappa shape index (κ1) is 17.0. The minimum atomic E-state index is -0.954. The molecule has 2 aromatic heterocycles. The van der Waals surface area contributed by atoms with Gasteiger partial charge >= 0.3 is 5.97 Å². The van der Waals surface area contributed by atoms with Gasteiger partial charge in [-0.1, -0.05) is 31.2 Å². The van der Waals surface area contributed by atoms with Crippen molar-refractivity contribution in [1.29, 1.82) is 0 Å². The fourth-order valence-corrected chi connectivity index (χ4v) is 3.30. The van der Waals surface area contributed by atoms with Gasteiger partial charge in [-0.15, -0.1) is 0 Å². The number of carboxylic acids is 1. The largest absolute Gasteiger partial charge is 0.478 e. The van der Waals surface area contributed by atoms with Crippen molar-refractivity contribution >= 4 is 16.9 Å². The number of hydrogen-bond donors (Lipinski definition) is 1. The van der Waals surface area contributed by atoms with Gasteiger partial charge in [-0.25, -0.2) is 14.5 Å². The first-order valence-electron chi connectivity index (χ1n) is 8.86. The van der Waals surface area contributed by atoms with Gasteiger partial charge in [-0.3, -0.25) is 0 Å². The van der Waals surface area contributed by atoms with Crippen molar-refractivity contribution in [3.05, 3.63) is 77.6 Å². The highest BCUT2D eigenvalue weighted by Crippen LogP contribution is 2.28. The Bertz CT molecular complexity index is 1150. The average molecular weight is 357 g/mol. The quantitative estimate of drug-likeness (QED) is 0.577. The van der Waals surface area contributed by atoms with Crippen LogP contribution in [0.2, 0.25) is 0 Å². The van der Waals surface area contributed by atoms with E-state index in [-0.39, 0.29) is 5.56 Å². The standard InChI is InChI=1S/C22H19N3O2/c1-3-15-9-10-20-17(11-15)18(22(26)27)12-21(24-20)19-13-23-25(14(19)2)16-7-5-4-6-8-16/h4-13H,3H2,1-2H3,(H,26,27). The molecule has 0 bridgehead atoms. The number of aromatic nitrogens is 3. The third-order valence-electron chi connectivity index (χ3n) is 4.80. The lowest BCUT2D eigenvalue weighted by molar-refractivity contribution is 0.0699. The molecule has 4 rings (SSSR count). The minimum absolute atomic E-state index is 0.261. The monoisotopic (exact) mass is 357 g/mol. The number of pyridine rings is 1. The first-order valence-corrected chi connectivity index (χ1v) is 8.86. The summed E-state index contributed by atoms with van der Waals surface area (Å²) in [6, 6.07) is 17.3. The molecule has 1 N–H and O–H groups in total. The molecule has 0 atom stereocenters. The highest BCUT2D eigenvalue weighted by molar-refractivity contribution is 6.04. The first-order chi connectivity index (χ1) is 13.1. The SMILES string of the molecule is CCc1ccc2nc(-c3cnn(-c4ccccc4)c3C)cc(C(=O)O)c2c1. The Labute approximate surface area is 156 Å². The lowest BCUT2D eigenvalue weighted by Crippen LogP contribution is -2.02. The van der Waals surface area contributed by atoms with E-state index in [1.165, 1.54) is 0 Å². The second kappa shape index (κ2) is 6.68. The zero-order valence-electron chi connectivity index (χ0n) is 15.2. The predicted octanol–water partition coefficient (Wildman–Crippen LogP) is 4.66. The highest BCUT2D eigenvalue weighted by atomic mass is 16.4. The van der Waals surface area contributed by atoms with Crippen LogP contribution in [-0.2, 0) is 6.42 Å². The molecule has 0 saturated heterocycles. The molecule has 0 aliphatic carbocycles. The lowest BCUT2D eigenvalue weighted by atomic mass is 10.0. The van der Waals surface area contributed by atoms with Gasteiger partial charge in [0.15, 0.2) is 0 Å². The van der Waals surface area contributed by atoms with Gasteiger partial charge in [0.05, 0.1) is 34.4 Å². The van der Waals surface area contributed by atoms with E-state index in [4.69, 9.17) is 4.98 Å². The third-order valence-corrected chi connectivity index (χ3v) is 4.80. The number of fused-ring (bicyclic) bond motifs is 1. The van der Waals surface area contributed by atoms with E-state index in [0.29, 0.717) is 16.6 Å². The molecular formula is C22H19N3O2. The number of rotatable bonds is 4. The normalized spacial score (nSPS) is 11.0. The second-order valence-corrected chi connectivity index (χ2v) is 6.46. The van der Waals surface area contributed by atoms with Crippen LogP contribution in [-0.4, -0.2) is 25.8 Å². The van der Waals surface area contributed by atoms with E-state index in [2.05, 4.69) is 5.10 Å². The molecule has 2 heterocycles.